The van der Waals surface area contributed by atoms with Gasteiger partial charge >= 0.3 is 94.9 Å². The number of imidazole rings is 1. The van der Waals surface area contributed by atoms with Crippen LogP contribution in [0.1, 0.15) is 11.4 Å². The van der Waals surface area contributed by atoms with Gasteiger partial charge in [-0.15, -0.1) is 0 Å². The number of carbonyl (C=O) groups is 1. The van der Waals surface area contributed by atoms with Crippen LogP contribution in [-0.2, 0) is 16.4 Å². The number of carboxylic acid groups (broad SMARTS) is 1. The third-order valence-electron chi connectivity index (χ3n) is 2.14. The molecular formula is C10H9AsN2O2. The minimum absolute atomic E-state index is 0.0141. The molecule has 0 amide bonds. The first-order valence-electron chi connectivity index (χ1n) is 4.50. The topological polar surface area (TPSA) is 66.0 Å². The Morgan fingerprint density at radius 3 is 3.00 bits per heavy atom. The van der Waals surface area contributed by atoms with E-state index in [1.165, 1.54) is 0 Å². The molecule has 5 heteroatoms. The molecule has 2 rings (SSSR count). The van der Waals surface area contributed by atoms with Gasteiger partial charge in [0.2, 0.25) is 0 Å². The van der Waals surface area contributed by atoms with E-state index in [4.69, 9.17) is 5.11 Å². The molecule has 0 saturated heterocycles. The van der Waals surface area contributed by atoms with Crippen molar-refractivity contribution in [2.75, 3.05) is 0 Å². The van der Waals surface area contributed by atoms with E-state index in [-0.39, 0.29) is 6.42 Å². The van der Waals surface area contributed by atoms with Crippen LogP contribution in [0.5, 0.6) is 0 Å². The number of benzene rings is 1. The van der Waals surface area contributed by atoms with Gasteiger partial charge in [0.05, 0.1) is 0 Å². The average molecular weight is 264 g/mol. The van der Waals surface area contributed by atoms with Crippen LogP contribution in [-0.4, -0.2) is 37.9 Å². The van der Waals surface area contributed by atoms with E-state index in [1.54, 1.807) is 6.07 Å². The number of rotatable bonds is 3. The molecule has 2 aromatic rings. The van der Waals surface area contributed by atoms with Crippen LogP contribution in [0.25, 0.3) is 11.0 Å². The van der Waals surface area contributed by atoms with Gasteiger partial charge in [0.25, 0.3) is 0 Å². The number of carboxylic acids is 1. The summed E-state index contributed by atoms with van der Waals surface area (Å²) in [5.74, 6) is 0.0298. The second-order valence-corrected chi connectivity index (χ2v) is 3.89. The van der Waals surface area contributed by atoms with Crippen molar-refractivity contribution in [1.82, 2.24) is 9.97 Å². The van der Waals surface area contributed by atoms with Gasteiger partial charge in [-0.1, -0.05) is 0 Å². The van der Waals surface area contributed by atoms with Crippen LogP contribution in [0.15, 0.2) is 18.2 Å². The van der Waals surface area contributed by atoms with Crippen LogP contribution < -0.4 is 0 Å². The van der Waals surface area contributed by atoms with Crippen molar-refractivity contribution >= 4 is 33.9 Å². The van der Waals surface area contributed by atoms with E-state index in [9.17, 15) is 4.79 Å². The number of aromatic nitrogens is 2. The van der Waals surface area contributed by atoms with E-state index in [0.29, 0.717) is 0 Å². The number of aliphatic carboxylic acids is 1. The maximum atomic E-state index is 10.6. The zero-order chi connectivity index (χ0) is 10.8. The summed E-state index contributed by atoms with van der Waals surface area (Å²) in [5.41, 5.74) is 2.42. The molecular weight excluding hydrogens is 255 g/mol. The van der Waals surface area contributed by atoms with Crippen molar-refractivity contribution in [2.45, 2.75) is 11.6 Å². The first-order chi connectivity index (χ1) is 7.20. The van der Waals surface area contributed by atoms with Crippen molar-refractivity contribution in [3.63, 3.8) is 0 Å². The summed E-state index contributed by atoms with van der Waals surface area (Å²) in [6, 6.07) is 5.54. The predicted molar refractivity (Wildman–Crippen MR) is 56.9 cm³/mol. The van der Waals surface area contributed by atoms with E-state index in [0.717, 1.165) is 27.6 Å². The number of hydrogen-bond acceptors (Lipinski definition) is 2. The van der Waals surface area contributed by atoms with Crippen molar-refractivity contribution in [3.05, 3.63) is 29.6 Å². The van der Waals surface area contributed by atoms with E-state index in [2.05, 4.69) is 26.8 Å². The Bertz CT molecular complexity index is 507. The van der Waals surface area contributed by atoms with Crippen LogP contribution in [0, 0.1) is 0 Å². The minimum atomic E-state index is -0.834. The molecule has 0 unspecified atom stereocenters. The number of nitrogens with zero attached hydrogens (tertiary/aromatic N) is 1. The molecule has 0 aliphatic carbocycles. The second-order valence-electron chi connectivity index (χ2n) is 3.23. The standard InChI is InChI=1S/C10H9AsN2O2/c11-5-8-12-7-3-1-2-6(4-9(14)15)10(7)13-8/h1-3H,4-5H2,(H,12,13)(H,14,15). The van der Waals surface area contributed by atoms with Crippen molar-refractivity contribution in [2.24, 2.45) is 0 Å². The fraction of sp³-hybridized carbons (Fsp3) is 0.200. The SMILES string of the molecule is O=C(O)Cc1cccc2[nH]c(C[As])nc12. The van der Waals surface area contributed by atoms with Gasteiger partial charge in [0, 0.05) is 0 Å². The third-order valence-corrected chi connectivity index (χ3v) is 2.77. The van der Waals surface area contributed by atoms with Crippen molar-refractivity contribution < 1.29 is 9.90 Å². The van der Waals surface area contributed by atoms with E-state index < -0.39 is 5.97 Å². The number of para-hydroxylation sites is 1. The zero-order valence-electron chi connectivity index (χ0n) is 7.90. The summed E-state index contributed by atoms with van der Waals surface area (Å²) in [7, 11) is 0. The molecule has 76 valence electrons. The third kappa shape index (κ3) is 2.05. The van der Waals surface area contributed by atoms with E-state index >= 15 is 0 Å². The molecule has 1 aromatic carbocycles. The van der Waals surface area contributed by atoms with Gasteiger partial charge in [0.15, 0.2) is 0 Å². The number of H-pyrrole nitrogens is 1. The molecule has 0 atom stereocenters. The van der Waals surface area contributed by atoms with Crippen LogP contribution in [0.2, 0.25) is 0 Å². The van der Waals surface area contributed by atoms with E-state index in [1.807, 2.05) is 12.1 Å². The average Bonchev–Trinajstić information content (AvgIpc) is 2.61. The number of fused-ring (bicyclic) bond motifs is 1. The Balaban J connectivity index is 2.54. The fourth-order valence-corrected chi connectivity index (χ4v) is 1.84. The molecule has 2 N–H and O–H groups in total. The molecule has 4 nitrogen and oxygen atoms in total. The summed E-state index contributed by atoms with van der Waals surface area (Å²) in [5, 5.41) is 9.51. The summed E-state index contributed by atoms with van der Waals surface area (Å²) in [6.45, 7) is 0. The number of aromatic amines is 1. The second kappa shape index (κ2) is 4.07. The Hall–Kier alpha value is -1.28. The first kappa shape index (κ1) is 10.2. The molecule has 0 saturated carbocycles. The molecule has 1 heterocycles. The summed E-state index contributed by atoms with van der Waals surface area (Å²) < 4.78 is 0. The first-order valence-corrected chi connectivity index (χ1v) is 5.82. The monoisotopic (exact) mass is 264 g/mol. The Labute approximate surface area is 95.2 Å². The van der Waals surface area contributed by atoms with Gasteiger partial charge in [-0.3, -0.25) is 0 Å². The quantitative estimate of drug-likeness (QED) is 0.808. The van der Waals surface area contributed by atoms with Crippen molar-refractivity contribution in [3.8, 4) is 0 Å². The van der Waals surface area contributed by atoms with Gasteiger partial charge < -0.3 is 0 Å². The van der Waals surface area contributed by atoms with Crippen LogP contribution in [0.3, 0.4) is 0 Å². The number of nitrogens with one attached hydrogen (secondary N) is 1. The fourth-order valence-electron chi connectivity index (χ4n) is 1.52. The Morgan fingerprint density at radius 1 is 1.53 bits per heavy atom. The van der Waals surface area contributed by atoms with Gasteiger partial charge in [0.1, 0.15) is 0 Å². The molecule has 0 aliphatic rings. The molecule has 0 spiro atoms. The molecule has 0 bridgehead atoms. The molecule has 0 aliphatic heterocycles. The van der Waals surface area contributed by atoms with Gasteiger partial charge in [-0.25, -0.2) is 0 Å². The van der Waals surface area contributed by atoms with Crippen LogP contribution in [0.4, 0.5) is 0 Å². The normalized spacial score (nSPS) is 10.7. The number of hydrogen-bond donors (Lipinski definition) is 2. The zero-order valence-corrected chi connectivity index (χ0v) is 9.77. The molecule has 2 radical (unpaired) electrons. The Morgan fingerprint density at radius 2 is 2.33 bits per heavy atom. The molecule has 0 fully saturated rings. The van der Waals surface area contributed by atoms with Gasteiger partial charge in [-0.2, -0.15) is 0 Å². The molecule has 1 aromatic heterocycles. The maximum absolute atomic E-state index is 10.6. The van der Waals surface area contributed by atoms with Gasteiger partial charge in [-0.05, 0) is 0 Å². The predicted octanol–water partition coefficient (Wildman–Crippen LogP) is 0.858. The Kier molecular flexibility index (Phi) is 2.78. The van der Waals surface area contributed by atoms with Crippen molar-refractivity contribution in [1.29, 1.82) is 0 Å². The van der Waals surface area contributed by atoms with Crippen LogP contribution >= 0.6 is 0 Å². The summed E-state index contributed by atoms with van der Waals surface area (Å²) in [4.78, 5) is 18.1. The summed E-state index contributed by atoms with van der Waals surface area (Å²) in [6.07, 6.45) is 0.0141. The molecule has 15 heavy (non-hydrogen) atoms. The summed E-state index contributed by atoms with van der Waals surface area (Å²) >= 11 is 2.44.